The van der Waals surface area contributed by atoms with Gasteiger partial charge < -0.3 is 9.80 Å². The zero-order chi connectivity index (χ0) is 17.4. The van der Waals surface area contributed by atoms with Gasteiger partial charge in [0.05, 0.1) is 12.6 Å². The Labute approximate surface area is 147 Å². The molecule has 1 amide bonds. The third-order valence-electron chi connectivity index (χ3n) is 5.39. The van der Waals surface area contributed by atoms with Crippen molar-refractivity contribution in [3.05, 3.63) is 36.4 Å². The van der Waals surface area contributed by atoms with Crippen molar-refractivity contribution in [2.24, 2.45) is 5.92 Å². The maximum Gasteiger partial charge on any atom is 0.225 e. The van der Waals surface area contributed by atoms with Gasteiger partial charge in [0, 0.05) is 50.8 Å². The highest BCUT2D eigenvalue weighted by Gasteiger charge is 2.45. The lowest BCUT2D eigenvalue weighted by Gasteiger charge is -2.38. The number of anilines is 1. The van der Waals surface area contributed by atoms with Gasteiger partial charge in [-0.2, -0.15) is 5.10 Å². The number of aromatic nitrogens is 4. The predicted molar refractivity (Wildman–Crippen MR) is 94.0 cm³/mol. The number of rotatable bonds is 3. The third-order valence-corrected chi connectivity index (χ3v) is 5.39. The summed E-state index contributed by atoms with van der Waals surface area (Å²) < 4.78 is 1.93. The Bertz CT molecular complexity index is 729. The van der Waals surface area contributed by atoms with E-state index in [4.69, 9.17) is 0 Å². The summed E-state index contributed by atoms with van der Waals surface area (Å²) in [5.41, 5.74) is 1.07. The molecule has 0 aromatic carbocycles. The van der Waals surface area contributed by atoms with E-state index in [1.165, 1.54) is 0 Å². The molecule has 3 atom stereocenters. The number of carbonyl (C=O) groups is 1. The molecule has 4 heterocycles. The van der Waals surface area contributed by atoms with Crippen molar-refractivity contribution in [1.29, 1.82) is 0 Å². The number of amides is 1. The molecule has 2 aromatic heterocycles. The molecule has 132 valence electrons. The minimum atomic E-state index is 0.171. The number of piperidine rings is 1. The number of aryl methyl sites for hydroxylation is 1. The standard InChI is InChI=1S/C18H24N6O/c1-13-9-19-18(20-10-13)22-7-4-17-15(11-22)8-16(24(17)14(2)25)12-23-6-3-5-21-23/h3,5-6,9-10,15-17H,4,7-8,11-12H2,1-2H3/t15-,16+,17+/m0/s1. The van der Waals surface area contributed by atoms with Crippen molar-refractivity contribution in [3.8, 4) is 0 Å². The molecular weight excluding hydrogens is 316 g/mol. The minimum absolute atomic E-state index is 0.171. The molecule has 25 heavy (non-hydrogen) atoms. The van der Waals surface area contributed by atoms with Gasteiger partial charge in [-0.15, -0.1) is 0 Å². The average molecular weight is 340 g/mol. The van der Waals surface area contributed by atoms with Crippen molar-refractivity contribution in [3.63, 3.8) is 0 Å². The van der Waals surface area contributed by atoms with Gasteiger partial charge in [-0.1, -0.05) is 0 Å². The van der Waals surface area contributed by atoms with E-state index in [2.05, 4.69) is 24.9 Å². The van der Waals surface area contributed by atoms with Crippen LogP contribution in [0.4, 0.5) is 5.95 Å². The summed E-state index contributed by atoms with van der Waals surface area (Å²) >= 11 is 0. The van der Waals surface area contributed by atoms with Crippen LogP contribution < -0.4 is 4.90 Å². The Morgan fingerprint density at radius 3 is 2.80 bits per heavy atom. The summed E-state index contributed by atoms with van der Waals surface area (Å²) in [5.74, 6) is 1.43. The second kappa shape index (κ2) is 6.46. The van der Waals surface area contributed by atoms with E-state index >= 15 is 0 Å². The number of nitrogens with zero attached hydrogens (tertiary/aromatic N) is 6. The number of fused-ring (bicyclic) bond motifs is 1. The molecule has 0 aliphatic carbocycles. The second-order valence-electron chi connectivity index (χ2n) is 7.17. The smallest absolute Gasteiger partial charge is 0.225 e. The second-order valence-corrected chi connectivity index (χ2v) is 7.17. The molecule has 0 bridgehead atoms. The molecule has 0 spiro atoms. The number of carbonyl (C=O) groups excluding carboxylic acids is 1. The summed E-state index contributed by atoms with van der Waals surface area (Å²) in [5, 5.41) is 4.31. The topological polar surface area (TPSA) is 67.2 Å². The molecule has 2 fully saturated rings. The molecule has 4 rings (SSSR count). The molecule has 7 nitrogen and oxygen atoms in total. The summed E-state index contributed by atoms with van der Waals surface area (Å²) in [6.07, 6.45) is 9.46. The van der Waals surface area contributed by atoms with Gasteiger partial charge in [-0.25, -0.2) is 9.97 Å². The van der Waals surface area contributed by atoms with Gasteiger partial charge in [0.25, 0.3) is 0 Å². The minimum Gasteiger partial charge on any atom is -0.340 e. The molecule has 0 unspecified atom stereocenters. The Morgan fingerprint density at radius 1 is 1.32 bits per heavy atom. The first-order valence-electron chi connectivity index (χ1n) is 8.92. The average Bonchev–Trinajstić information content (AvgIpc) is 3.22. The van der Waals surface area contributed by atoms with Crippen LogP contribution in [0, 0.1) is 12.8 Å². The van der Waals surface area contributed by atoms with Crippen molar-refractivity contribution < 1.29 is 4.79 Å². The van der Waals surface area contributed by atoms with E-state index in [0.717, 1.165) is 44.0 Å². The van der Waals surface area contributed by atoms with Gasteiger partial charge in [0.1, 0.15) is 0 Å². The number of hydrogen-bond donors (Lipinski definition) is 0. The largest absolute Gasteiger partial charge is 0.340 e. The Kier molecular flexibility index (Phi) is 4.15. The van der Waals surface area contributed by atoms with Crippen LogP contribution in [0.2, 0.25) is 0 Å². The maximum absolute atomic E-state index is 12.3. The fourth-order valence-corrected chi connectivity index (χ4v) is 4.36. The quantitative estimate of drug-likeness (QED) is 0.847. The normalized spacial score (nSPS) is 25.9. The molecule has 2 saturated heterocycles. The first-order chi connectivity index (χ1) is 12.1. The molecule has 0 saturated carbocycles. The van der Waals surface area contributed by atoms with Crippen molar-refractivity contribution in [1.82, 2.24) is 24.6 Å². The van der Waals surface area contributed by atoms with Crippen LogP contribution in [0.25, 0.3) is 0 Å². The summed E-state index contributed by atoms with van der Waals surface area (Å²) in [6, 6.07) is 2.46. The highest BCUT2D eigenvalue weighted by atomic mass is 16.2. The lowest BCUT2D eigenvalue weighted by Crippen LogP contribution is -2.49. The van der Waals surface area contributed by atoms with Crippen molar-refractivity contribution >= 4 is 11.9 Å². The lowest BCUT2D eigenvalue weighted by atomic mass is 9.92. The van der Waals surface area contributed by atoms with Gasteiger partial charge >= 0.3 is 0 Å². The van der Waals surface area contributed by atoms with Gasteiger partial charge in [-0.05, 0) is 37.3 Å². The maximum atomic E-state index is 12.3. The van der Waals surface area contributed by atoms with Gasteiger partial charge in [0.2, 0.25) is 11.9 Å². The van der Waals surface area contributed by atoms with Crippen molar-refractivity contribution in [2.75, 3.05) is 18.0 Å². The fourth-order valence-electron chi connectivity index (χ4n) is 4.36. The molecule has 0 N–H and O–H groups in total. The lowest BCUT2D eigenvalue weighted by molar-refractivity contribution is -0.132. The van der Waals surface area contributed by atoms with Crippen LogP contribution in [-0.2, 0) is 11.3 Å². The predicted octanol–water partition coefficient (Wildman–Crippen LogP) is 1.50. The van der Waals surface area contributed by atoms with Gasteiger partial charge in [-0.3, -0.25) is 9.48 Å². The number of likely N-dealkylation sites (tertiary alicyclic amines) is 1. The van der Waals surface area contributed by atoms with E-state index in [9.17, 15) is 4.79 Å². The Hall–Kier alpha value is -2.44. The first-order valence-corrected chi connectivity index (χ1v) is 8.92. The monoisotopic (exact) mass is 340 g/mol. The van der Waals surface area contributed by atoms with E-state index < -0.39 is 0 Å². The van der Waals surface area contributed by atoms with Crippen LogP contribution in [0.15, 0.2) is 30.9 Å². The summed E-state index contributed by atoms with van der Waals surface area (Å²) in [6.45, 7) is 6.25. The van der Waals surface area contributed by atoms with E-state index in [-0.39, 0.29) is 11.9 Å². The Balaban J connectivity index is 1.50. The highest BCUT2D eigenvalue weighted by molar-refractivity contribution is 5.74. The molecule has 2 aliphatic rings. The van der Waals surface area contributed by atoms with Crippen LogP contribution >= 0.6 is 0 Å². The fraction of sp³-hybridized carbons (Fsp3) is 0.556. The first kappa shape index (κ1) is 16.1. The van der Waals surface area contributed by atoms with E-state index in [0.29, 0.717) is 12.0 Å². The molecule has 2 aromatic rings. The SMILES string of the molecule is CC(=O)N1[C@@H](Cn2cccn2)C[C@H]2CN(c3ncc(C)cn3)CC[C@H]21. The zero-order valence-corrected chi connectivity index (χ0v) is 14.7. The summed E-state index contributed by atoms with van der Waals surface area (Å²) in [7, 11) is 0. The van der Waals surface area contributed by atoms with Crippen LogP contribution in [-0.4, -0.2) is 55.7 Å². The van der Waals surface area contributed by atoms with Crippen LogP contribution in [0.5, 0.6) is 0 Å². The van der Waals surface area contributed by atoms with Gasteiger partial charge in [0.15, 0.2) is 0 Å². The van der Waals surface area contributed by atoms with E-state index in [1.54, 1.807) is 13.1 Å². The molecule has 0 radical (unpaired) electrons. The molecule has 7 heteroatoms. The third kappa shape index (κ3) is 3.10. The van der Waals surface area contributed by atoms with Crippen LogP contribution in [0.3, 0.4) is 0 Å². The summed E-state index contributed by atoms with van der Waals surface area (Å²) in [4.78, 5) is 25.6. The van der Waals surface area contributed by atoms with E-state index in [1.807, 2.05) is 36.3 Å². The molecule has 2 aliphatic heterocycles. The van der Waals surface area contributed by atoms with Crippen molar-refractivity contribution in [2.45, 2.75) is 45.3 Å². The zero-order valence-electron chi connectivity index (χ0n) is 14.7. The Morgan fingerprint density at radius 2 is 2.12 bits per heavy atom. The highest BCUT2D eigenvalue weighted by Crippen LogP contribution is 2.37. The molecular formula is C18H24N6O. The van der Waals surface area contributed by atoms with Crippen LogP contribution in [0.1, 0.15) is 25.3 Å². The number of hydrogen-bond acceptors (Lipinski definition) is 5.